The van der Waals surface area contributed by atoms with Crippen LogP contribution in [0.25, 0.3) is 0 Å². The van der Waals surface area contributed by atoms with Gasteiger partial charge >= 0.3 is 11.8 Å². The SMILES string of the molecule is Cc1cccc(CNC(=O)C(=O)NCc2ccco2)c1. The number of carbonyl (C=O) groups is 2. The van der Waals surface area contributed by atoms with Crippen LogP contribution in [0.4, 0.5) is 0 Å². The van der Waals surface area contributed by atoms with Crippen molar-refractivity contribution in [1.29, 1.82) is 0 Å². The van der Waals surface area contributed by atoms with Crippen LogP contribution in [-0.2, 0) is 22.7 Å². The molecule has 0 aliphatic heterocycles. The van der Waals surface area contributed by atoms with E-state index in [1.807, 2.05) is 31.2 Å². The Bertz CT molecular complexity index is 591. The second-order valence-corrected chi connectivity index (χ2v) is 4.43. The number of aryl methyl sites for hydroxylation is 1. The molecule has 5 heteroatoms. The molecule has 0 aliphatic rings. The molecule has 2 N–H and O–H groups in total. The minimum absolute atomic E-state index is 0.198. The van der Waals surface area contributed by atoms with Gasteiger partial charge in [0.1, 0.15) is 5.76 Å². The molecule has 0 fully saturated rings. The van der Waals surface area contributed by atoms with Gasteiger partial charge in [-0.2, -0.15) is 0 Å². The van der Waals surface area contributed by atoms with Crippen molar-refractivity contribution in [1.82, 2.24) is 10.6 Å². The Morgan fingerprint density at radius 3 is 2.45 bits per heavy atom. The van der Waals surface area contributed by atoms with Gasteiger partial charge in [0.05, 0.1) is 12.8 Å². The van der Waals surface area contributed by atoms with Crippen LogP contribution in [0.5, 0.6) is 0 Å². The summed E-state index contributed by atoms with van der Waals surface area (Å²) in [5.74, 6) is -0.725. The zero-order valence-electron chi connectivity index (χ0n) is 11.2. The highest BCUT2D eigenvalue weighted by Crippen LogP contribution is 2.03. The minimum Gasteiger partial charge on any atom is -0.467 e. The third-order valence-corrected chi connectivity index (χ3v) is 2.75. The summed E-state index contributed by atoms with van der Waals surface area (Å²) < 4.78 is 5.06. The van der Waals surface area contributed by atoms with Gasteiger partial charge in [0, 0.05) is 6.54 Å². The summed E-state index contributed by atoms with van der Waals surface area (Å²) in [6.07, 6.45) is 1.51. The Kier molecular flexibility index (Phi) is 4.55. The van der Waals surface area contributed by atoms with Gasteiger partial charge in [0.25, 0.3) is 0 Å². The molecule has 1 aromatic heterocycles. The third kappa shape index (κ3) is 3.98. The number of furan rings is 1. The average molecular weight is 272 g/mol. The lowest BCUT2D eigenvalue weighted by Gasteiger charge is -2.06. The van der Waals surface area contributed by atoms with E-state index < -0.39 is 11.8 Å². The fourth-order valence-corrected chi connectivity index (χ4v) is 1.75. The van der Waals surface area contributed by atoms with E-state index >= 15 is 0 Å². The van der Waals surface area contributed by atoms with Crippen LogP contribution in [-0.4, -0.2) is 11.8 Å². The van der Waals surface area contributed by atoms with Crippen LogP contribution in [0.2, 0.25) is 0 Å². The molecule has 0 saturated carbocycles. The predicted octanol–water partition coefficient (Wildman–Crippen LogP) is 1.52. The van der Waals surface area contributed by atoms with Crippen LogP contribution in [0, 0.1) is 6.92 Å². The van der Waals surface area contributed by atoms with Gasteiger partial charge < -0.3 is 15.1 Å². The van der Waals surface area contributed by atoms with Crippen LogP contribution < -0.4 is 10.6 Å². The van der Waals surface area contributed by atoms with E-state index in [9.17, 15) is 9.59 Å². The lowest BCUT2D eigenvalue weighted by Crippen LogP contribution is -2.39. The molecule has 0 radical (unpaired) electrons. The van der Waals surface area contributed by atoms with Crippen LogP contribution in [0.1, 0.15) is 16.9 Å². The molecule has 104 valence electrons. The topological polar surface area (TPSA) is 71.3 Å². The van der Waals surface area contributed by atoms with Gasteiger partial charge in [-0.3, -0.25) is 9.59 Å². The fraction of sp³-hybridized carbons (Fsp3) is 0.200. The van der Waals surface area contributed by atoms with E-state index in [1.165, 1.54) is 6.26 Å². The van der Waals surface area contributed by atoms with Gasteiger partial charge in [-0.15, -0.1) is 0 Å². The molecule has 2 amide bonds. The first-order valence-electron chi connectivity index (χ1n) is 6.29. The van der Waals surface area contributed by atoms with E-state index in [0.717, 1.165) is 11.1 Å². The second-order valence-electron chi connectivity index (χ2n) is 4.43. The molecule has 5 nitrogen and oxygen atoms in total. The zero-order chi connectivity index (χ0) is 14.4. The number of rotatable bonds is 4. The molecule has 2 rings (SSSR count). The molecule has 0 atom stereocenters. The molecular formula is C15H16N2O3. The van der Waals surface area contributed by atoms with E-state index in [4.69, 9.17) is 4.42 Å². The van der Waals surface area contributed by atoms with E-state index in [0.29, 0.717) is 12.3 Å². The van der Waals surface area contributed by atoms with Gasteiger partial charge in [-0.05, 0) is 24.6 Å². The molecule has 2 aromatic rings. The van der Waals surface area contributed by atoms with Gasteiger partial charge in [-0.1, -0.05) is 29.8 Å². The molecule has 0 spiro atoms. The van der Waals surface area contributed by atoms with Gasteiger partial charge in [-0.25, -0.2) is 0 Å². The summed E-state index contributed by atoms with van der Waals surface area (Å²) in [6.45, 7) is 2.50. The number of amides is 2. The highest BCUT2D eigenvalue weighted by atomic mass is 16.3. The summed E-state index contributed by atoms with van der Waals surface area (Å²) in [6, 6.07) is 11.2. The molecular weight excluding hydrogens is 256 g/mol. The van der Waals surface area contributed by atoms with Crippen molar-refractivity contribution in [2.45, 2.75) is 20.0 Å². The van der Waals surface area contributed by atoms with E-state index in [1.54, 1.807) is 12.1 Å². The number of benzene rings is 1. The van der Waals surface area contributed by atoms with Crippen LogP contribution in [0.3, 0.4) is 0 Å². The molecule has 20 heavy (non-hydrogen) atoms. The minimum atomic E-state index is -0.672. The van der Waals surface area contributed by atoms with Crippen molar-refractivity contribution in [3.05, 3.63) is 59.5 Å². The van der Waals surface area contributed by atoms with E-state index in [2.05, 4.69) is 10.6 Å². The molecule has 1 heterocycles. The Hall–Kier alpha value is -2.56. The maximum Gasteiger partial charge on any atom is 0.309 e. The van der Waals surface area contributed by atoms with Crippen LogP contribution >= 0.6 is 0 Å². The number of hydrogen-bond acceptors (Lipinski definition) is 3. The Labute approximate surface area is 117 Å². The summed E-state index contributed by atoms with van der Waals surface area (Å²) in [4.78, 5) is 23.2. The van der Waals surface area contributed by atoms with Gasteiger partial charge in [0.2, 0.25) is 0 Å². The lowest BCUT2D eigenvalue weighted by atomic mass is 10.1. The van der Waals surface area contributed by atoms with Crippen LogP contribution in [0.15, 0.2) is 47.1 Å². The molecule has 0 aliphatic carbocycles. The summed E-state index contributed by atoms with van der Waals surface area (Å²) in [5, 5.41) is 5.06. The average Bonchev–Trinajstić information content (AvgIpc) is 2.95. The molecule has 0 unspecified atom stereocenters. The summed E-state index contributed by atoms with van der Waals surface area (Å²) in [5.41, 5.74) is 2.07. The fourth-order valence-electron chi connectivity index (χ4n) is 1.75. The third-order valence-electron chi connectivity index (χ3n) is 2.75. The molecule has 1 aromatic carbocycles. The van der Waals surface area contributed by atoms with Crippen molar-refractivity contribution in [2.75, 3.05) is 0 Å². The zero-order valence-corrected chi connectivity index (χ0v) is 11.2. The monoisotopic (exact) mass is 272 g/mol. The lowest BCUT2D eigenvalue weighted by molar-refractivity contribution is -0.139. The normalized spacial score (nSPS) is 10.1. The first-order chi connectivity index (χ1) is 9.65. The number of carbonyl (C=O) groups excluding carboxylic acids is 2. The summed E-state index contributed by atoms with van der Waals surface area (Å²) in [7, 11) is 0. The number of hydrogen-bond donors (Lipinski definition) is 2. The number of nitrogens with one attached hydrogen (secondary N) is 2. The van der Waals surface area contributed by atoms with E-state index in [-0.39, 0.29) is 6.54 Å². The van der Waals surface area contributed by atoms with Crippen molar-refractivity contribution in [2.24, 2.45) is 0 Å². The maximum absolute atomic E-state index is 11.6. The summed E-state index contributed by atoms with van der Waals surface area (Å²) >= 11 is 0. The highest BCUT2D eigenvalue weighted by Gasteiger charge is 2.12. The standard InChI is InChI=1S/C15H16N2O3/c1-11-4-2-5-12(8-11)9-16-14(18)15(19)17-10-13-6-3-7-20-13/h2-8H,9-10H2,1H3,(H,16,18)(H,17,19). The first kappa shape index (κ1) is 13.9. The molecule has 0 bridgehead atoms. The first-order valence-corrected chi connectivity index (χ1v) is 6.29. The van der Waals surface area contributed by atoms with Crippen molar-refractivity contribution in [3.8, 4) is 0 Å². The largest absolute Gasteiger partial charge is 0.467 e. The quantitative estimate of drug-likeness (QED) is 0.829. The highest BCUT2D eigenvalue weighted by molar-refractivity contribution is 6.35. The van der Waals surface area contributed by atoms with Gasteiger partial charge in [0.15, 0.2) is 0 Å². The Morgan fingerprint density at radius 1 is 1.05 bits per heavy atom. The second kappa shape index (κ2) is 6.56. The van der Waals surface area contributed by atoms with Crippen molar-refractivity contribution >= 4 is 11.8 Å². The Balaban J connectivity index is 1.78. The van der Waals surface area contributed by atoms with Crippen molar-refractivity contribution < 1.29 is 14.0 Å². The molecule has 0 saturated heterocycles. The maximum atomic E-state index is 11.6. The predicted molar refractivity (Wildman–Crippen MR) is 73.6 cm³/mol. The Morgan fingerprint density at radius 2 is 1.80 bits per heavy atom. The smallest absolute Gasteiger partial charge is 0.309 e. The van der Waals surface area contributed by atoms with Crippen molar-refractivity contribution in [3.63, 3.8) is 0 Å².